The summed E-state index contributed by atoms with van der Waals surface area (Å²) < 4.78 is 7.34. The highest BCUT2D eigenvalue weighted by molar-refractivity contribution is 7.17. The molecule has 8 nitrogen and oxygen atoms in total. The van der Waals surface area contributed by atoms with Crippen molar-refractivity contribution < 1.29 is 29.6 Å². The summed E-state index contributed by atoms with van der Waals surface area (Å²) in [6.45, 7) is 6.46. The Labute approximate surface area is 219 Å². The number of aryl methyl sites for hydroxylation is 1. The summed E-state index contributed by atoms with van der Waals surface area (Å²) in [6, 6.07) is 15.4. The summed E-state index contributed by atoms with van der Waals surface area (Å²) >= 11 is 1.83. The van der Waals surface area contributed by atoms with E-state index in [0.29, 0.717) is 25.1 Å². The lowest BCUT2D eigenvalue weighted by atomic mass is 9.85. The predicted octanol–water partition coefficient (Wildman–Crippen LogP) is 4.85. The van der Waals surface area contributed by atoms with Crippen LogP contribution >= 0.6 is 11.3 Å². The zero-order chi connectivity index (χ0) is 26.5. The average molecular weight is 525 g/mol. The van der Waals surface area contributed by atoms with Gasteiger partial charge in [0, 0.05) is 34.4 Å². The molecule has 0 saturated carbocycles. The Morgan fingerprint density at radius 3 is 2.68 bits per heavy atom. The van der Waals surface area contributed by atoms with Crippen molar-refractivity contribution in [2.24, 2.45) is 0 Å². The van der Waals surface area contributed by atoms with Gasteiger partial charge in [0.15, 0.2) is 0 Å². The number of aliphatic carboxylic acids is 2. The van der Waals surface area contributed by atoms with E-state index in [9.17, 15) is 5.11 Å². The maximum atomic E-state index is 10.6. The SMILES string of the molecule is Cc1csc2ccc([C@@H]3CCN(C[C@H](O)COc4cccc5[nH]ccc45)[C@@H](C)C3)cc12.O=C(O)C(=O)O. The van der Waals surface area contributed by atoms with Gasteiger partial charge in [0.1, 0.15) is 18.5 Å². The lowest BCUT2D eigenvalue weighted by Crippen LogP contribution is -2.45. The number of carbonyl (C=O) groups is 2. The smallest absolute Gasteiger partial charge is 0.414 e. The van der Waals surface area contributed by atoms with Crippen molar-refractivity contribution in [3.05, 3.63) is 65.2 Å². The zero-order valence-electron chi connectivity index (χ0n) is 20.9. The van der Waals surface area contributed by atoms with E-state index in [4.69, 9.17) is 24.5 Å². The summed E-state index contributed by atoms with van der Waals surface area (Å²) in [4.78, 5) is 23.8. The van der Waals surface area contributed by atoms with Crippen LogP contribution in [0.2, 0.25) is 0 Å². The Hall–Kier alpha value is -3.40. The molecule has 3 atom stereocenters. The maximum Gasteiger partial charge on any atom is 0.414 e. The third kappa shape index (κ3) is 6.49. The molecule has 0 aliphatic carbocycles. The van der Waals surface area contributed by atoms with E-state index in [0.717, 1.165) is 36.0 Å². The average Bonchev–Trinajstić information content (AvgIpc) is 3.51. The monoisotopic (exact) mass is 524 g/mol. The number of β-amino-alcohol motifs (C(OH)–C–C–N with tert-alkyl or cyclic N) is 1. The summed E-state index contributed by atoms with van der Waals surface area (Å²) in [5.41, 5.74) is 3.90. The second kappa shape index (κ2) is 11.8. The molecule has 5 rings (SSSR count). The maximum absolute atomic E-state index is 10.6. The minimum absolute atomic E-state index is 0.311. The van der Waals surface area contributed by atoms with Gasteiger partial charge in [-0.3, -0.25) is 4.90 Å². The van der Waals surface area contributed by atoms with Gasteiger partial charge in [-0.1, -0.05) is 12.1 Å². The number of aliphatic hydroxyl groups is 1. The van der Waals surface area contributed by atoms with Crippen LogP contribution in [-0.2, 0) is 9.59 Å². The lowest BCUT2D eigenvalue weighted by Gasteiger charge is -2.38. The Morgan fingerprint density at radius 2 is 1.95 bits per heavy atom. The van der Waals surface area contributed by atoms with Crippen molar-refractivity contribution in [1.82, 2.24) is 9.88 Å². The van der Waals surface area contributed by atoms with E-state index in [1.165, 1.54) is 21.2 Å². The first kappa shape index (κ1) is 26.7. The molecule has 0 bridgehead atoms. The molecule has 0 spiro atoms. The molecule has 2 aromatic heterocycles. The molecule has 1 aliphatic heterocycles. The van der Waals surface area contributed by atoms with Crippen LogP contribution < -0.4 is 4.74 Å². The summed E-state index contributed by atoms with van der Waals surface area (Å²) in [7, 11) is 0. The molecular weight excluding hydrogens is 492 g/mol. The van der Waals surface area contributed by atoms with Gasteiger partial charge in [-0.25, -0.2) is 9.59 Å². The first-order chi connectivity index (χ1) is 17.7. The topological polar surface area (TPSA) is 123 Å². The van der Waals surface area contributed by atoms with E-state index >= 15 is 0 Å². The number of aliphatic hydroxyl groups excluding tert-OH is 1. The van der Waals surface area contributed by atoms with Crippen molar-refractivity contribution in [2.45, 2.75) is 44.8 Å². The van der Waals surface area contributed by atoms with Crippen LogP contribution in [0, 0.1) is 6.92 Å². The third-order valence-corrected chi connectivity index (χ3v) is 7.97. The highest BCUT2D eigenvalue weighted by atomic mass is 32.1. The van der Waals surface area contributed by atoms with Crippen LogP contribution in [-0.4, -0.2) is 69.0 Å². The first-order valence-electron chi connectivity index (χ1n) is 12.3. The quantitative estimate of drug-likeness (QED) is 0.266. The van der Waals surface area contributed by atoms with Crippen molar-refractivity contribution >= 4 is 44.3 Å². The molecule has 37 heavy (non-hydrogen) atoms. The Morgan fingerprint density at radius 1 is 1.16 bits per heavy atom. The summed E-state index contributed by atoms with van der Waals surface area (Å²) in [5, 5.41) is 30.1. The number of ether oxygens (including phenoxy) is 1. The number of carboxylic acids is 2. The number of likely N-dealkylation sites (tertiary alicyclic amines) is 1. The molecule has 1 saturated heterocycles. The normalized spacial score (nSPS) is 18.8. The molecular formula is C28H32N2O6S. The molecule has 2 aromatic carbocycles. The highest BCUT2D eigenvalue weighted by Gasteiger charge is 2.28. The molecule has 1 fully saturated rings. The number of hydrogen-bond acceptors (Lipinski definition) is 6. The molecule has 4 aromatic rings. The van der Waals surface area contributed by atoms with Crippen molar-refractivity contribution in [3.8, 4) is 5.75 Å². The summed E-state index contributed by atoms with van der Waals surface area (Å²) in [5.74, 6) is -2.23. The lowest BCUT2D eigenvalue weighted by molar-refractivity contribution is -0.159. The number of benzene rings is 2. The number of fused-ring (bicyclic) bond motifs is 2. The highest BCUT2D eigenvalue weighted by Crippen LogP contribution is 2.35. The van der Waals surface area contributed by atoms with Crippen LogP contribution in [0.3, 0.4) is 0 Å². The van der Waals surface area contributed by atoms with Crippen molar-refractivity contribution in [2.75, 3.05) is 19.7 Å². The Bertz CT molecular complexity index is 1370. The third-order valence-electron chi connectivity index (χ3n) is 6.89. The second-order valence-corrected chi connectivity index (χ2v) is 10.4. The molecule has 0 radical (unpaired) electrons. The van der Waals surface area contributed by atoms with E-state index in [1.54, 1.807) is 0 Å². The van der Waals surface area contributed by atoms with Gasteiger partial charge in [-0.05, 0) is 91.4 Å². The standard InChI is InChI=1S/C26H30N2O2S.C2H2O4/c1-17-16-31-26-7-6-19(13-23(17)26)20-9-11-28(18(2)12-20)14-21(29)15-30-25-5-3-4-24-22(25)8-10-27-24;3-1(4)2(5)6/h3-8,10,13,16,18,20-21,27,29H,9,11-12,14-15H2,1-2H3;(H,3,4)(H,5,6)/t18-,20+,21-;/m0./s1. The van der Waals surface area contributed by atoms with Crippen molar-refractivity contribution in [3.63, 3.8) is 0 Å². The van der Waals surface area contributed by atoms with Gasteiger partial charge in [0.25, 0.3) is 0 Å². The second-order valence-electron chi connectivity index (χ2n) is 9.51. The van der Waals surface area contributed by atoms with Gasteiger partial charge >= 0.3 is 11.9 Å². The van der Waals surface area contributed by atoms with Crippen LogP contribution in [0.4, 0.5) is 0 Å². The van der Waals surface area contributed by atoms with E-state index in [1.807, 2.05) is 41.8 Å². The minimum Gasteiger partial charge on any atom is -0.490 e. The minimum atomic E-state index is -1.82. The fourth-order valence-corrected chi connectivity index (χ4v) is 5.84. The number of nitrogens with zero attached hydrogens (tertiary/aromatic N) is 1. The number of hydrogen-bond donors (Lipinski definition) is 4. The molecule has 3 heterocycles. The van der Waals surface area contributed by atoms with Crippen molar-refractivity contribution in [1.29, 1.82) is 0 Å². The largest absolute Gasteiger partial charge is 0.490 e. The Kier molecular flexibility index (Phi) is 8.48. The van der Waals surface area contributed by atoms with E-state index in [2.05, 4.69) is 47.3 Å². The fraction of sp³-hybridized carbons (Fsp3) is 0.357. The number of aromatic amines is 1. The Balaban J connectivity index is 0.000000480. The number of H-pyrrole nitrogens is 1. The van der Waals surface area contributed by atoms with Gasteiger partial charge in [0.05, 0.1) is 0 Å². The molecule has 1 aliphatic rings. The number of rotatable bonds is 6. The van der Waals surface area contributed by atoms with Crippen LogP contribution in [0.25, 0.3) is 21.0 Å². The molecule has 196 valence electrons. The number of nitrogens with one attached hydrogen (secondary N) is 1. The van der Waals surface area contributed by atoms with Gasteiger partial charge in [-0.2, -0.15) is 0 Å². The summed E-state index contributed by atoms with van der Waals surface area (Å²) in [6.07, 6.45) is 3.68. The number of carboxylic acid groups (broad SMARTS) is 2. The number of thiophene rings is 1. The molecule has 9 heteroatoms. The van der Waals surface area contributed by atoms with Crippen LogP contribution in [0.5, 0.6) is 5.75 Å². The number of piperidine rings is 1. The van der Waals surface area contributed by atoms with Gasteiger partial charge in [-0.15, -0.1) is 11.3 Å². The van der Waals surface area contributed by atoms with Gasteiger partial charge in [0.2, 0.25) is 0 Å². The number of aromatic nitrogens is 1. The van der Waals surface area contributed by atoms with Crippen LogP contribution in [0.15, 0.2) is 54.0 Å². The zero-order valence-corrected chi connectivity index (χ0v) is 21.7. The fourth-order valence-electron chi connectivity index (χ4n) is 4.91. The van der Waals surface area contributed by atoms with Gasteiger partial charge < -0.3 is 25.0 Å². The van der Waals surface area contributed by atoms with Crippen LogP contribution in [0.1, 0.15) is 36.8 Å². The molecule has 4 N–H and O–H groups in total. The molecule has 0 unspecified atom stereocenters. The van der Waals surface area contributed by atoms with E-state index in [-0.39, 0.29) is 0 Å². The molecule has 0 amide bonds. The van der Waals surface area contributed by atoms with E-state index < -0.39 is 18.0 Å². The predicted molar refractivity (Wildman–Crippen MR) is 145 cm³/mol. The first-order valence-corrected chi connectivity index (χ1v) is 13.2.